The number of carboxylic acids is 1. The molecule has 4 saturated carbocycles. The van der Waals surface area contributed by atoms with E-state index in [2.05, 4.69) is 24.1 Å². The summed E-state index contributed by atoms with van der Waals surface area (Å²) in [5, 5.41) is 17.4. The molecule has 38 heavy (non-hydrogen) atoms. The van der Waals surface area contributed by atoms with Gasteiger partial charge in [-0.05, 0) is 67.8 Å². The third-order valence-corrected chi connectivity index (χ3v) is 9.48. The van der Waals surface area contributed by atoms with Gasteiger partial charge in [-0.25, -0.2) is 9.78 Å². The van der Waals surface area contributed by atoms with Crippen molar-refractivity contribution >= 4 is 16.1 Å². The molecule has 0 aliphatic heterocycles. The van der Waals surface area contributed by atoms with Crippen LogP contribution in [-0.2, 0) is 21.4 Å². The Balaban J connectivity index is 1.35. The Labute approximate surface area is 223 Å². The van der Waals surface area contributed by atoms with Crippen molar-refractivity contribution in [2.24, 2.45) is 16.2 Å². The van der Waals surface area contributed by atoms with Gasteiger partial charge >= 0.3 is 5.97 Å². The lowest BCUT2D eigenvalue weighted by Gasteiger charge is -2.69. The van der Waals surface area contributed by atoms with Crippen molar-refractivity contribution in [1.82, 2.24) is 20.1 Å². The number of nitrogens with one attached hydrogen (secondary N) is 1. The molecule has 2 atom stereocenters. The SMILES string of the molecule is Cc1c(-c2cccnc2C(=O)O)cnn1CC12CC3(C)CC(C)(C1)CC(OCCNCCS(=O)(=O)O)(C3)C2. The van der Waals surface area contributed by atoms with E-state index in [1.54, 1.807) is 18.3 Å². The highest BCUT2D eigenvalue weighted by Gasteiger charge is 2.66. The molecule has 0 aromatic carbocycles. The van der Waals surface area contributed by atoms with Crippen LogP contribution in [0.25, 0.3) is 11.1 Å². The van der Waals surface area contributed by atoms with E-state index in [0.717, 1.165) is 49.9 Å². The molecule has 3 N–H and O–H groups in total. The third kappa shape index (κ3) is 5.38. The van der Waals surface area contributed by atoms with E-state index < -0.39 is 16.1 Å². The minimum absolute atomic E-state index is 0.0231. The zero-order valence-corrected chi connectivity index (χ0v) is 23.2. The summed E-state index contributed by atoms with van der Waals surface area (Å²) in [6.45, 7) is 8.72. The Kier molecular flexibility index (Phi) is 6.73. The van der Waals surface area contributed by atoms with Gasteiger partial charge < -0.3 is 15.2 Å². The van der Waals surface area contributed by atoms with Gasteiger partial charge in [-0.3, -0.25) is 9.23 Å². The molecule has 4 aliphatic carbocycles. The highest BCUT2D eigenvalue weighted by atomic mass is 32.2. The monoisotopic (exact) mass is 546 g/mol. The molecule has 2 aromatic rings. The number of carboxylic acid groups (broad SMARTS) is 1. The van der Waals surface area contributed by atoms with Crippen molar-refractivity contribution in [3.05, 3.63) is 35.9 Å². The summed E-state index contributed by atoms with van der Waals surface area (Å²) < 4.78 is 39.5. The molecular formula is C27H38N4O6S. The number of hydrogen-bond acceptors (Lipinski definition) is 7. The highest BCUT2D eigenvalue weighted by Crippen LogP contribution is 2.72. The standard InChI is InChI=1S/C27H38N4O6S/c1-19-21(20-5-4-6-29-22(20)23(32)33)11-30-31(19)18-26-13-24(2)12-25(3,14-26)16-27(15-24,17-26)37-9-7-28-8-10-38(34,35)36/h4-6,11,28H,7-10,12-18H2,1-3H3,(H,32,33)(H,34,35,36). The largest absolute Gasteiger partial charge is 0.476 e. The van der Waals surface area contributed by atoms with Crippen molar-refractivity contribution in [1.29, 1.82) is 0 Å². The highest BCUT2D eigenvalue weighted by molar-refractivity contribution is 7.85. The van der Waals surface area contributed by atoms with Gasteiger partial charge in [0.2, 0.25) is 0 Å². The normalized spacial score (nSPS) is 32.1. The first-order chi connectivity index (χ1) is 17.7. The lowest BCUT2D eigenvalue weighted by atomic mass is 9.39. The van der Waals surface area contributed by atoms with Crippen LogP contribution in [0.4, 0.5) is 0 Å². The Hall–Kier alpha value is -2.34. The molecule has 2 aromatic heterocycles. The topological polar surface area (TPSA) is 144 Å². The molecule has 0 amide bonds. The number of carbonyl (C=O) groups is 1. The summed E-state index contributed by atoms with van der Waals surface area (Å²) in [5.41, 5.74) is 2.47. The van der Waals surface area contributed by atoms with Gasteiger partial charge in [0.05, 0.1) is 24.2 Å². The second-order valence-electron chi connectivity index (χ2n) is 12.8. The van der Waals surface area contributed by atoms with Gasteiger partial charge in [0.25, 0.3) is 10.1 Å². The summed E-state index contributed by atoms with van der Waals surface area (Å²) in [6.07, 6.45) is 9.62. The number of aromatic nitrogens is 3. The van der Waals surface area contributed by atoms with Crippen LogP contribution in [0.5, 0.6) is 0 Å². The first-order valence-corrected chi connectivity index (χ1v) is 14.9. The zero-order valence-electron chi connectivity index (χ0n) is 22.4. The van der Waals surface area contributed by atoms with Crippen LogP contribution in [0.3, 0.4) is 0 Å². The van der Waals surface area contributed by atoms with Crippen LogP contribution in [-0.4, -0.2) is 69.9 Å². The van der Waals surface area contributed by atoms with Gasteiger partial charge in [-0.2, -0.15) is 13.5 Å². The molecule has 6 rings (SSSR count). The van der Waals surface area contributed by atoms with Crippen LogP contribution in [0.15, 0.2) is 24.5 Å². The molecule has 2 heterocycles. The number of pyridine rings is 1. The summed E-state index contributed by atoms with van der Waals surface area (Å²) in [4.78, 5) is 15.8. The lowest BCUT2D eigenvalue weighted by molar-refractivity contribution is -0.247. The average Bonchev–Trinajstić information content (AvgIpc) is 3.12. The molecule has 0 spiro atoms. The van der Waals surface area contributed by atoms with Crippen molar-refractivity contribution in [3.63, 3.8) is 0 Å². The van der Waals surface area contributed by atoms with Crippen LogP contribution in [0.1, 0.15) is 68.6 Å². The summed E-state index contributed by atoms with van der Waals surface area (Å²) in [7, 11) is -3.97. The molecule has 0 radical (unpaired) electrons. The number of rotatable bonds is 11. The summed E-state index contributed by atoms with van der Waals surface area (Å²) in [5.74, 6) is -1.36. The molecular weight excluding hydrogens is 508 g/mol. The fraction of sp³-hybridized carbons (Fsp3) is 0.667. The van der Waals surface area contributed by atoms with Gasteiger partial charge in [0.1, 0.15) is 0 Å². The van der Waals surface area contributed by atoms with Crippen molar-refractivity contribution in [3.8, 4) is 11.1 Å². The number of aromatic carboxylic acids is 1. The van der Waals surface area contributed by atoms with Gasteiger partial charge in [0.15, 0.2) is 5.69 Å². The number of nitrogens with zero attached hydrogens (tertiary/aromatic N) is 3. The predicted molar refractivity (Wildman–Crippen MR) is 141 cm³/mol. The first kappa shape index (κ1) is 27.2. The third-order valence-electron chi connectivity index (χ3n) is 8.76. The van der Waals surface area contributed by atoms with Crippen LogP contribution < -0.4 is 5.32 Å². The quantitative estimate of drug-likeness (QED) is 0.285. The fourth-order valence-corrected chi connectivity index (χ4v) is 9.20. The second-order valence-corrected chi connectivity index (χ2v) is 14.3. The molecule has 11 heteroatoms. The summed E-state index contributed by atoms with van der Waals surface area (Å²) in [6, 6.07) is 3.53. The molecule has 4 fully saturated rings. The minimum Gasteiger partial charge on any atom is -0.476 e. The van der Waals surface area contributed by atoms with Crippen LogP contribution in [0, 0.1) is 23.2 Å². The molecule has 4 bridgehead atoms. The Morgan fingerprint density at radius 1 is 1.11 bits per heavy atom. The summed E-state index contributed by atoms with van der Waals surface area (Å²) >= 11 is 0. The molecule has 0 saturated heterocycles. The van der Waals surface area contributed by atoms with Crippen molar-refractivity contribution in [2.45, 2.75) is 71.4 Å². The Morgan fingerprint density at radius 3 is 2.47 bits per heavy atom. The number of ether oxygens (including phenoxy) is 1. The molecule has 208 valence electrons. The van der Waals surface area contributed by atoms with E-state index in [9.17, 15) is 18.3 Å². The van der Waals surface area contributed by atoms with E-state index in [0.29, 0.717) is 18.7 Å². The van der Waals surface area contributed by atoms with Crippen LogP contribution >= 0.6 is 0 Å². The van der Waals surface area contributed by atoms with Gasteiger partial charge in [-0.15, -0.1) is 0 Å². The first-order valence-electron chi connectivity index (χ1n) is 13.3. The molecule has 10 nitrogen and oxygen atoms in total. The van der Waals surface area contributed by atoms with E-state index in [1.165, 1.54) is 12.6 Å². The van der Waals surface area contributed by atoms with Gasteiger partial charge in [-0.1, -0.05) is 19.9 Å². The Bertz CT molecular complexity index is 1320. The lowest BCUT2D eigenvalue weighted by Crippen LogP contribution is -2.64. The molecule has 2 unspecified atom stereocenters. The maximum atomic E-state index is 11.8. The van der Waals surface area contributed by atoms with Crippen LogP contribution in [0.2, 0.25) is 0 Å². The smallest absolute Gasteiger partial charge is 0.355 e. The predicted octanol–water partition coefficient (Wildman–Crippen LogP) is 3.56. The van der Waals surface area contributed by atoms with Gasteiger partial charge in [0, 0.05) is 42.7 Å². The fourth-order valence-electron chi connectivity index (χ4n) is 8.80. The van der Waals surface area contributed by atoms with Crippen molar-refractivity contribution in [2.75, 3.05) is 25.4 Å². The average molecular weight is 547 g/mol. The zero-order chi connectivity index (χ0) is 27.4. The van der Waals surface area contributed by atoms with Crippen molar-refractivity contribution < 1.29 is 27.6 Å². The molecule has 4 aliphatic rings. The van der Waals surface area contributed by atoms with E-state index in [4.69, 9.17) is 14.4 Å². The van der Waals surface area contributed by atoms with E-state index >= 15 is 0 Å². The number of hydrogen-bond donors (Lipinski definition) is 3. The second kappa shape index (κ2) is 9.39. The van der Waals surface area contributed by atoms with E-state index in [1.807, 2.05) is 11.6 Å². The maximum Gasteiger partial charge on any atom is 0.355 e. The van der Waals surface area contributed by atoms with E-state index in [-0.39, 0.29) is 39.8 Å². The minimum atomic E-state index is -3.97. The Morgan fingerprint density at radius 2 is 1.82 bits per heavy atom. The maximum absolute atomic E-state index is 11.8.